The number of aryl methyl sites for hydroxylation is 1. The fraction of sp³-hybridized carbons (Fsp3) is 0.462. The molecule has 0 aliphatic rings. The van der Waals surface area contributed by atoms with Crippen molar-refractivity contribution in [1.82, 2.24) is 4.98 Å². The highest BCUT2D eigenvalue weighted by Crippen LogP contribution is 2.15. The fourth-order valence-electron chi connectivity index (χ4n) is 1.56. The van der Waals surface area contributed by atoms with Gasteiger partial charge in [-0.3, -0.25) is 14.5 Å². The largest absolute Gasteiger partial charge is 0.466 e. The van der Waals surface area contributed by atoms with Gasteiger partial charge in [0.25, 0.3) is 0 Å². The van der Waals surface area contributed by atoms with E-state index in [1.54, 1.807) is 20.2 Å². The lowest BCUT2D eigenvalue weighted by atomic mass is 10.2. The number of aromatic nitrogens is 1. The van der Waals surface area contributed by atoms with E-state index in [2.05, 4.69) is 4.98 Å². The number of amides is 1. The minimum absolute atomic E-state index is 0.100. The molecule has 0 fully saturated rings. The number of pyridine rings is 1. The Balaban J connectivity index is 2.57. The number of anilines is 1. The molecule has 0 N–H and O–H groups in total. The molecular formula is C13H18N2O3. The smallest absolute Gasteiger partial charge is 0.306 e. The molecule has 0 saturated carbocycles. The van der Waals surface area contributed by atoms with Gasteiger partial charge in [-0.1, -0.05) is 6.07 Å². The van der Waals surface area contributed by atoms with E-state index in [-0.39, 0.29) is 24.7 Å². The summed E-state index contributed by atoms with van der Waals surface area (Å²) in [6.07, 6.45) is 1.87. The summed E-state index contributed by atoms with van der Waals surface area (Å²) in [5, 5.41) is 0. The number of carbonyl (C=O) groups excluding carboxylic acids is 2. The van der Waals surface area contributed by atoms with E-state index in [4.69, 9.17) is 4.74 Å². The fourth-order valence-corrected chi connectivity index (χ4v) is 1.56. The van der Waals surface area contributed by atoms with Crippen molar-refractivity contribution in [1.29, 1.82) is 0 Å². The third-order valence-corrected chi connectivity index (χ3v) is 2.52. The van der Waals surface area contributed by atoms with Crippen LogP contribution in [0.3, 0.4) is 0 Å². The van der Waals surface area contributed by atoms with Gasteiger partial charge in [0.05, 0.1) is 13.0 Å². The zero-order chi connectivity index (χ0) is 13.5. The molecule has 5 nitrogen and oxygen atoms in total. The zero-order valence-corrected chi connectivity index (χ0v) is 11.0. The van der Waals surface area contributed by atoms with Gasteiger partial charge < -0.3 is 4.74 Å². The van der Waals surface area contributed by atoms with E-state index < -0.39 is 0 Å². The third kappa shape index (κ3) is 3.84. The lowest BCUT2D eigenvalue weighted by molar-refractivity contribution is -0.144. The van der Waals surface area contributed by atoms with E-state index in [0.717, 1.165) is 5.56 Å². The van der Waals surface area contributed by atoms with Crippen LogP contribution in [0.4, 0.5) is 5.82 Å². The number of nitrogens with zero attached hydrogens (tertiary/aromatic N) is 2. The van der Waals surface area contributed by atoms with Gasteiger partial charge in [-0.2, -0.15) is 0 Å². The summed E-state index contributed by atoms with van der Waals surface area (Å²) in [5.74, 6) is 0.119. The summed E-state index contributed by atoms with van der Waals surface area (Å²) < 4.78 is 4.78. The van der Waals surface area contributed by atoms with Crippen molar-refractivity contribution >= 4 is 17.7 Å². The first-order valence-electron chi connectivity index (χ1n) is 5.90. The number of hydrogen-bond acceptors (Lipinski definition) is 4. The summed E-state index contributed by atoms with van der Waals surface area (Å²) in [5.41, 5.74) is 0.921. The van der Waals surface area contributed by atoms with Crippen molar-refractivity contribution in [3.8, 4) is 0 Å². The number of hydrogen-bond donors (Lipinski definition) is 0. The summed E-state index contributed by atoms with van der Waals surface area (Å²) in [7, 11) is 1.66. The normalized spacial score (nSPS) is 9.94. The van der Waals surface area contributed by atoms with E-state index in [1.807, 2.05) is 19.1 Å². The Bertz CT molecular complexity index is 432. The summed E-state index contributed by atoms with van der Waals surface area (Å²) >= 11 is 0. The summed E-state index contributed by atoms with van der Waals surface area (Å²) in [6, 6.07) is 3.70. The van der Waals surface area contributed by atoms with Gasteiger partial charge in [0.1, 0.15) is 5.82 Å². The maximum Gasteiger partial charge on any atom is 0.306 e. The van der Waals surface area contributed by atoms with Crippen molar-refractivity contribution in [3.05, 3.63) is 23.9 Å². The molecule has 1 amide bonds. The van der Waals surface area contributed by atoms with Crippen molar-refractivity contribution < 1.29 is 14.3 Å². The quantitative estimate of drug-likeness (QED) is 0.746. The van der Waals surface area contributed by atoms with E-state index >= 15 is 0 Å². The number of carbonyl (C=O) groups is 2. The predicted octanol–water partition coefficient (Wildman–Crippen LogP) is 1.70. The van der Waals surface area contributed by atoms with Crippen LogP contribution < -0.4 is 4.90 Å². The van der Waals surface area contributed by atoms with Gasteiger partial charge >= 0.3 is 5.97 Å². The Labute approximate surface area is 107 Å². The minimum atomic E-state index is -0.350. The summed E-state index contributed by atoms with van der Waals surface area (Å²) in [4.78, 5) is 28.7. The Morgan fingerprint density at radius 3 is 2.72 bits per heavy atom. The molecule has 5 heteroatoms. The Kier molecular flexibility index (Phi) is 5.30. The average Bonchev–Trinajstić information content (AvgIpc) is 2.36. The van der Waals surface area contributed by atoms with Crippen LogP contribution in [0.15, 0.2) is 18.3 Å². The second-order valence-corrected chi connectivity index (χ2v) is 3.90. The molecule has 98 valence electrons. The van der Waals surface area contributed by atoms with Crippen molar-refractivity contribution in [3.63, 3.8) is 0 Å². The molecule has 1 aromatic heterocycles. The van der Waals surface area contributed by atoms with Crippen molar-refractivity contribution in [2.45, 2.75) is 26.7 Å². The van der Waals surface area contributed by atoms with Crippen LogP contribution in [0, 0.1) is 6.92 Å². The molecule has 0 aliphatic carbocycles. The van der Waals surface area contributed by atoms with Gasteiger partial charge in [-0.15, -0.1) is 0 Å². The van der Waals surface area contributed by atoms with Crippen LogP contribution in [0.1, 0.15) is 25.3 Å². The Morgan fingerprint density at radius 1 is 1.39 bits per heavy atom. The molecule has 18 heavy (non-hydrogen) atoms. The number of ether oxygens (including phenoxy) is 1. The molecule has 1 heterocycles. The lowest BCUT2D eigenvalue weighted by Gasteiger charge is -2.17. The van der Waals surface area contributed by atoms with Crippen molar-refractivity contribution in [2.24, 2.45) is 0 Å². The predicted molar refractivity (Wildman–Crippen MR) is 68.3 cm³/mol. The molecule has 0 radical (unpaired) electrons. The lowest BCUT2D eigenvalue weighted by Crippen LogP contribution is -2.28. The Hall–Kier alpha value is -1.91. The highest BCUT2D eigenvalue weighted by molar-refractivity contribution is 5.94. The first-order chi connectivity index (χ1) is 8.56. The van der Waals surface area contributed by atoms with Crippen LogP contribution in [0.25, 0.3) is 0 Å². The molecule has 1 aromatic rings. The van der Waals surface area contributed by atoms with Crippen LogP contribution in [-0.2, 0) is 14.3 Å². The number of rotatable bonds is 5. The van der Waals surface area contributed by atoms with Crippen LogP contribution in [0.2, 0.25) is 0 Å². The molecule has 0 atom stereocenters. The second kappa shape index (κ2) is 6.74. The van der Waals surface area contributed by atoms with Crippen LogP contribution in [-0.4, -0.2) is 30.5 Å². The monoisotopic (exact) mass is 250 g/mol. The molecule has 0 bridgehead atoms. The summed E-state index contributed by atoms with van der Waals surface area (Å²) in [6.45, 7) is 3.96. The second-order valence-electron chi connectivity index (χ2n) is 3.90. The first kappa shape index (κ1) is 14.2. The number of esters is 1. The van der Waals surface area contributed by atoms with Gasteiger partial charge in [-0.25, -0.2) is 4.98 Å². The van der Waals surface area contributed by atoms with Crippen molar-refractivity contribution in [2.75, 3.05) is 18.6 Å². The van der Waals surface area contributed by atoms with Crippen LogP contribution in [0.5, 0.6) is 0 Å². The highest BCUT2D eigenvalue weighted by atomic mass is 16.5. The first-order valence-corrected chi connectivity index (χ1v) is 5.90. The molecular weight excluding hydrogens is 232 g/mol. The molecule has 1 rings (SSSR count). The minimum Gasteiger partial charge on any atom is -0.466 e. The molecule has 0 aromatic carbocycles. The van der Waals surface area contributed by atoms with Gasteiger partial charge in [0.15, 0.2) is 0 Å². The molecule has 0 saturated heterocycles. The standard InChI is InChI=1S/C13H18N2O3/c1-4-18-12(17)8-7-11(16)15(3)13-10(2)6-5-9-14-13/h5-6,9H,4,7-8H2,1-3H3. The third-order valence-electron chi connectivity index (χ3n) is 2.52. The van der Waals surface area contributed by atoms with Crippen LogP contribution >= 0.6 is 0 Å². The van der Waals surface area contributed by atoms with E-state index in [0.29, 0.717) is 12.4 Å². The molecule has 0 spiro atoms. The molecule has 0 unspecified atom stereocenters. The zero-order valence-electron chi connectivity index (χ0n) is 11.0. The topological polar surface area (TPSA) is 59.5 Å². The average molecular weight is 250 g/mol. The van der Waals surface area contributed by atoms with Gasteiger partial charge in [0.2, 0.25) is 5.91 Å². The maximum absolute atomic E-state index is 11.9. The van der Waals surface area contributed by atoms with Gasteiger partial charge in [0, 0.05) is 19.7 Å². The molecule has 0 aliphatic heterocycles. The highest BCUT2D eigenvalue weighted by Gasteiger charge is 2.15. The van der Waals surface area contributed by atoms with Gasteiger partial charge in [-0.05, 0) is 25.5 Å². The van der Waals surface area contributed by atoms with E-state index in [9.17, 15) is 9.59 Å². The Morgan fingerprint density at radius 2 is 2.11 bits per heavy atom. The maximum atomic E-state index is 11.9. The SMILES string of the molecule is CCOC(=O)CCC(=O)N(C)c1ncccc1C. The van der Waals surface area contributed by atoms with E-state index in [1.165, 1.54) is 4.90 Å².